The van der Waals surface area contributed by atoms with Gasteiger partial charge in [-0.25, -0.2) is 9.37 Å². The van der Waals surface area contributed by atoms with Crippen LogP contribution in [0.5, 0.6) is 5.88 Å². The van der Waals surface area contributed by atoms with Gasteiger partial charge < -0.3 is 10.1 Å². The first-order chi connectivity index (χ1) is 7.13. The summed E-state index contributed by atoms with van der Waals surface area (Å²) < 4.78 is 18.4. The molecule has 0 spiro atoms. The average molecular weight is 212 g/mol. The number of pyridine rings is 1. The van der Waals surface area contributed by atoms with Crippen LogP contribution in [0, 0.1) is 5.82 Å². The van der Waals surface area contributed by atoms with Gasteiger partial charge in [0.05, 0.1) is 12.3 Å². The molecule has 1 heterocycles. The largest absolute Gasteiger partial charge is 0.475 e. The molecule has 84 valence electrons. The van der Waals surface area contributed by atoms with Crippen LogP contribution >= 0.6 is 0 Å². The molecule has 0 amide bonds. The van der Waals surface area contributed by atoms with E-state index < -0.39 is 0 Å². The topological polar surface area (TPSA) is 34.2 Å². The normalized spacial score (nSPS) is 10.7. The predicted octanol–water partition coefficient (Wildman–Crippen LogP) is 2.12. The van der Waals surface area contributed by atoms with Crippen molar-refractivity contribution in [2.24, 2.45) is 0 Å². The van der Waals surface area contributed by atoms with E-state index in [0.29, 0.717) is 12.4 Å². The Hall–Kier alpha value is -1.16. The van der Waals surface area contributed by atoms with Gasteiger partial charge in [0.2, 0.25) is 5.88 Å². The molecule has 0 saturated heterocycles. The average Bonchev–Trinajstić information content (AvgIpc) is 2.18. The maximum Gasteiger partial charge on any atom is 0.218 e. The molecule has 1 aromatic heterocycles. The monoisotopic (exact) mass is 212 g/mol. The van der Waals surface area contributed by atoms with Crippen molar-refractivity contribution in [3.05, 3.63) is 23.6 Å². The van der Waals surface area contributed by atoms with Crippen molar-refractivity contribution in [3.8, 4) is 5.88 Å². The van der Waals surface area contributed by atoms with Crippen molar-refractivity contribution < 1.29 is 9.13 Å². The molecular formula is C11H17FN2O. The lowest BCUT2D eigenvalue weighted by Crippen LogP contribution is -2.15. The van der Waals surface area contributed by atoms with E-state index in [2.05, 4.69) is 10.3 Å². The summed E-state index contributed by atoms with van der Waals surface area (Å²) in [6.45, 7) is 7.24. The molecule has 0 unspecified atom stereocenters. The summed E-state index contributed by atoms with van der Waals surface area (Å²) in [6, 6.07) is 1.45. The maximum atomic E-state index is 13.0. The third kappa shape index (κ3) is 3.83. The number of halogens is 1. The quantitative estimate of drug-likeness (QED) is 0.811. The Bertz CT molecular complexity index is 315. The first-order valence-electron chi connectivity index (χ1n) is 5.15. The van der Waals surface area contributed by atoms with Crippen LogP contribution < -0.4 is 10.1 Å². The SMILES string of the molecule is CCNCc1cc(F)cnc1OC(C)C. The van der Waals surface area contributed by atoms with Crippen LogP contribution in [0.3, 0.4) is 0 Å². The molecule has 1 N–H and O–H groups in total. The summed E-state index contributed by atoms with van der Waals surface area (Å²) in [5, 5.41) is 3.12. The van der Waals surface area contributed by atoms with Crippen molar-refractivity contribution in [1.29, 1.82) is 0 Å². The van der Waals surface area contributed by atoms with E-state index in [1.807, 2.05) is 20.8 Å². The summed E-state index contributed by atoms with van der Waals surface area (Å²) in [6.07, 6.45) is 1.22. The molecule has 15 heavy (non-hydrogen) atoms. The van der Waals surface area contributed by atoms with Crippen LogP contribution in [0.2, 0.25) is 0 Å². The van der Waals surface area contributed by atoms with Crippen LogP contribution in [0.15, 0.2) is 12.3 Å². The summed E-state index contributed by atoms with van der Waals surface area (Å²) in [4.78, 5) is 3.93. The van der Waals surface area contributed by atoms with Crippen molar-refractivity contribution >= 4 is 0 Å². The zero-order valence-electron chi connectivity index (χ0n) is 9.38. The second kappa shape index (κ2) is 5.66. The molecule has 0 bridgehead atoms. The minimum absolute atomic E-state index is 0.0448. The molecule has 0 radical (unpaired) electrons. The van der Waals surface area contributed by atoms with Gasteiger partial charge in [0, 0.05) is 12.1 Å². The molecule has 0 aliphatic rings. The number of aromatic nitrogens is 1. The van der Waals surface area contributed by atoms with Gasteiger partial charge in [0.1, 0.15) is 5.82 Å². The number of hydrogen-bond donors (Lipinski definition) is 1. The fourth-order valence-corrected chi connectivity index (χ4v) is 1.18. The number of ether oxygens (including phenoxy) is 1. The van der Waals surface area contributed by atoms with Gasteiger partial charge in [-0.05, 0) is 26.5 Å². The van der Waals surface area contributed by atoms with E-state index in [1.54, 1.807) is 0 Å². The first-order valence-corrected chi connectivity index (χ1v) is 5.15. The van der Waals surface area contributed by atoms with Crippen molar-refractivity contribution in [2.45, 2.75) is 33.4 Å². The fourth-order valence-electron chi connectivity index (χ4n) is 1.18. The highest BCUT2D eigenvalue weighted by atomic mass is 19.1. The van der Waals surface area contributed by atoms with Crippen molar-refractivity contribution in [3.63, 3.8) is 0 Å². The second-order valence-electron chi connectivity index (χ2n) is 3.56. The number of rotatable bonds is 5. The highest BCUT2D eigenvalue weighted by Crippen LogP contribution is 2.17. The zero-order chi connectivity index (χ0) is 11.3. The van der Waals surface area contributed by atoms with Gasteiger partial charge in [-0.15, -0.1) is 0 Å². The number of nitrogens with zero attached hydrogens (tertiary/aromatic N) is 1. The second-order valence-corrected chi connectivity index (χ2v) is 3.56. The van der Waals surface area contributed by atoms with Gasteiger partial charge in [0.25, 0.3) is 0 Å². The molecule has 0 aromatic carbocycles. The Kier molecular flexibility index (Phi) is 4.49. The third-order valence-electron chi connectivity index (χ3n) is 1.80. The van der Waals surface area contributed by atoms with Gasteiger partial charge in [0.15, 0.2) is 0 Å². The minimum Gasteiger partial charge on any atom is -0.475 e. The number of hydrogen-bond acceptors (Lipinski definition) is 3. The Labute approximate surface area is 89.7 Å². The molecule has 0 saturated carbocycles. The molecule has 4 heteroatoms. The lowest BCUT2D eigenvalue weighted by Gasteiger charge is -2.13. The minimum atomic E-state index is -0.334. The molecule has 0 aliphatic carbocycles. The lowest BCUT2D eigenvalue weighted by molar-refractivity contribution is 0.229. The van der Waals surface area contributed by atoms with E-state index in [-0.39, 0.29) is 11.9 Å². The van der Waals surface area contributed by atoms with E-state index in [9.17, 15) is 4.39 Å². The summed E-state index contributed by atoms with van der Waals surface area (Å²) in [5.41, 5.74) is 0.755. The predicted molar refractivity (Wildman–Crippen MR) is 57.3 cm³/mol. The smallest absolute Gasteiger partial charge is 0.218 e. The summed E-state index contributed by atoms with van der Waals surface area (Å²) in [7, 11) is 0. The summed E-state index contributed by atoms with van der Waals surface area (Å²) in [5.74, 6) is 0.173. The third-order valence-corrected chi connectivity index (χ3v) is 1.80. The Morgan fingerprint density at radius 1 is 1.53 bits per heavy atom. The maximum absolute atomic E-state index is 13.0. The molecule has 0 aliphatic heterocycles. The highest BCUT2D eigenvalue weighted by Gasteiger charge is 2.08. The van der Waals surface area contributed by atoms with Crippen LogP contribution in [0.4, 0.5) is 4.39 Å². The molecular weight excluding hydrogens is 195 g/mol. The number of nitrogens with one attached hydrogen (secondary N) is 1. The van der Waals surface area contributed by atoms with Gasteiger partial charge in [-0.1, -0.05) is 6.92 Å². The zero-order valence-corrected chi connectivity index (χ0v) is 9.38. The van der Waals surface area contributed by atoms with Crippen molar-refractivity contribution in [1.82, 2.24) is 10.3 Å². The Morgan fingerprint density at radius 2 is 2.27 bits per heavy atom. The highest BCUT2D eigenvalue weighted by molar-refractivity contribution is 5.26. The molecule has 0 atom stereocenters. The van der Waals surface area contributed by atoms with Gasteiger partial charge >= 0.3 is 0 Å². The van der Waals surface area contributed by atoms with E-state index in [0.717, 1.165) is 12.1 Å². The van der Waals surface area contributed by atoms with Gasteiger partial charge in [-0.3, -0.25) is 0 Å². The lowest BCUT2D eigenvalue weighted by atomic mass is 10.2. The van der Waals surface area contributed by atoms with Crippen LogP contribution in [-0.4, -0.2) is 17.6 Å². The first kappa shape index (κ1) is 11.9. The van der Waals surface area contributed by atoms with Crippen LogP contribution in [0.1, 0.15) is 26.3 Å². The van der Waals surface area contributed by atoms with Crippen molar-refractivity contribution in [2.75, 3.05) is 6.54 Å². The molecule has 3 nitrogen and oxygen atoms in total. The Balaban J connectivity index is 2.82. The van der Waals surface area contributed by atoms with Gasteiger partial charge in [-0.2, -0.15) is 0 Å². The molecule has 0 fully saturated rings. The van der Waals surface area contributed by atoms with E-state index in [1.165, 1.54) is 12.3 Å². The van der Waals surface area contributed by atoms with Crippen LogP contribution in [0.25, 0.3) is 0 Å². The van der Waals surface area contributed by atoms with E-state index in [4.69, 9.17) is 4.74 Å². The molecule has 1 aromatic rings. The Morgan fingerprint density at radius 3 is 2.87 bits per heavy atom. The summed E-state index contributed by atoms with van der Waals surface area (Å²) >= 11 is 0. The standard InChI is InChI=1S/C11H17FN2O/c1-4-13-6-9-5-10(12)7-14-11(9)15-8(2)3/h5,7-8,13H,4,6H2,1-3H3. The molecule has 1 rings (SSSR count). The van der Waals surface area contributed by atoms with E-state index >= 15 is 0 Å². The van der Waals surface area contributed by atoms with Crippen LogP contribution in [-0.2, 0) is 6.54 Å². The fraction of sp³-hybridized carbons (Fsp3) is 0.545.